The van der Waals surface area contributed by atoms with Gasteiger partial charge in [-0.3, -0.25) is 0 Å². The minimum atomic E-state index is -0.0232. The number of hydrogen-bond acceptors (Lipinski definition) is 5. The van der Waals surface area contributed by atoms with E-state index >= 15 is 0 Å². The number of nitrogen functional groups attached to an aromatic ring is 1. The third-order valence-electron chi connectivity index (χ3n) is 2.54. The Labute approximate surface area is 111 Å². The molecule has 2 aromatic rings. The molecule has 0 radical (unpaired) electrons. The Hall–Kier alpha value is -1.49. The van der Waals surface area contributed by atoms with E-state index < -0.39 is 0 Å². The number of rotatable bonds is 2. The molecule has 0 saturated carbocycles. The third kappa shape index (κ3) is 3.04. The second-order valence-electron chi connectivity index (χ2n) is 5.40. The van der Waals surface area contributed by atoms with Crippen molar-refractivity contribution in [3.8, 4) is 0 Å². The Kier molecular flexibility index (Phi) is 3.34. The molecule has 0 aromatic carbocycles. The molecular formula is C13H18N4S. The summed E-state index contributed by atoms with van der Waals surface area (Å²) in [5, 5.41) is 3.06. The lowest BCUT2D eigenvalue weighted by Gasteiger charge is -2.18. The second-order valence-corrected chi connectivity index (χ2v) is 6.35. The first-order valence-electron chi connectivity index (χ1n) is 5.89. The fourth-order valence-electron chi connectivity index (χ4n) is 1.60. The summed E-state index contributed by atoms with van der Waals surface area (Å²) in [6, 6.07) is 1.84. The Balaban J connectivity index is 2.31. The van der Waals surface area contributed by atoms with Gasteiger partial charge in [0.2, 0.25) is 0 Å². The van der Waals surface area contributed by atoms with Crippen LogP contribution in [0, 0.1) is 6.92 Å². The van der Waals surface area contributed by atoms with Crippen LogP contribution < -0.4 is 5.73 Å². The summed E-state index contributed by atoms with van der Waals surface area (Å²) in [4.78, 5) is 13.3. The quantitative estimate of drug-likeness (QED) is 0.903. The van der Waals surface area contributed by atoms with E-state index in [2.05, 4.69) is 35.7 Å². The van der Waals surface area contributed by atoms with Crippen LogP contribution in [0.15, 0.2) is 11.4 Å². The van der Waals surface area contributed by atoms with E-state index in [0.29, 0.717) is 12.2 Å². The van der Waals surface area contributed by atoms with E-state index in [4.69, 9.17) is 5.73 Å². The first-order chi connectivity index (χ1) is 8.34. The number of aryl methyl sites for hydroxylation is 1. The highest BCUT2D eigenvalue weighted by Crippen LogP contribution is 2.22. The van der Waals surface area contributed by atoms with E-state index in [1.165, 1.54) is 0 Å². The zero-order valence-corrected chi connectivity index (χ0v) is 12.0. The molecule has 18 heavy (non-hydrogen) atoms. The van der Waals surface area contributed by atoms with E-state index in [0.717, 1.165) is 22.2 Å². The summed E-state index contributed by atoms with van der Waals surface area (Å²) >= 11 is 1.63. The molecule has 2 heterocycles. The van der Waals surface area contributed by atoms with Crippen molar-refractivity contribution in [2.75, 3.05) is 5.73 Å². The summed E-state index contributed by atoms with van der Waals surface area (Å²) in [6.07, 6.45) is 0.645. The first kappa shape index (κ1) is 13.0. The van der Waals surface area contributed by atoms with Crippen molar-refractivity contribution in [2.24, 2.45) is 0 Å². The van der Waals surface area contributed by atoms with Gasteiger partial charge >= 0.3 is 0 Å². The van der Waals surface area contributed by atoms with Crippen LogP contribution in [-0.4, -0.2) is 15.0 Å². The molecule has 0 atom stereocenters. The number of hydrogen-bond donors (Lipinski definition) is 1. The molecule has 0 amide bonds. The second kappa shape index (κ2) is 4.65. The molecule has 0 unspecified atom stereocenters. The third-order valence-corrected chi connectivity index (χ3v) is 3.50. The largest absolute Gasteiger partial charge is 0.384 e. The topological polar surface area (TPSA) is 64.7 Å². The standard InChI is InChI=1S/C13H18N4S/c1-8-7-18-12(15-8)6-11-16-9(13(2,3)4)5-10(14)17-11/h5,7H,6H2,1-4H3,(H2,14,16,17). The van der Waals surface area contributed by atoms with Crippen LogP contribution >= 0.6 is 11.3 Å². The molecule has 0 spiro atoms. The maximum atomic E-state index is 5.85. The molecule has 0 bridgehead atoms. The monoisotopic (exact) mass is 262 g/mol. The smallest absolute Gasteiger partial charge is 0.137 e. The molecule has 0 fully saturated rings. The van der Waals surface area contributed by atoms with Crippen LogP contribution in [0.1, 0.15) is 43.0 Å². The molecule has 0 aliphatic rings. The Bertz CT molecular complexity index is 554. The Morgan fingerprint density at radius 1 is 1.22 bits per heavy atom. The lowest BCUT2D eigenvalue weighted by Crippen LogP contribution is -2.16. The highest BCUT2D eigenvalue weighted by molar-refractivity contribution is 7.09. The zero-order chi connectivity index (χ0) is 13.3. The zero-order valence-electron chi connectivity index (χ0n) is 11.2. The average Bonchev–Trinajstić information content (AvgIpc) is 2.61. The molecule has 2 rings (SSSR count). The predicted molar refractivity (Wildman–Crippen MR) is 74.8 cm³/mol. The molecule has 2 N–H and O–H groups in total. The molecule has 0 saturated heterocycles. The highest BCUT2D eigenvalue weighted by atomic mass is 32.1. The van der Waals surface area contributed by atoms with Crippen molar-refractivity contribution in [3.63, 3.8) is 0 Å². The highest BCUT2D eigenvalue weighted by Gasteiger charge is 2.17. The van der Waals surface area contributed by atoms with Crippen molar-refractivity contribution in [2.45, 2.75) is 39.5 Å². The summed E-state index contributed by atoms with van der Waals surface area (Å²) < 4.78 is 0. The van der Waals surface area contributed by atoms with Crippen LogP contribution in [0.4, 0.5) is 5.82 Å². The number of aromatic nitrogens is 3. The van der Waals surface area contributed by atoms with Crippen LogP contribution in [-0.2, 0) is 11.8 Å². The maximum Gasteiger partial charge on any atom is 0.137 e. The van der Waals surface area contributed by atoms with E-state index in [-0.39, 0.29) is 5.41 Å². The van der Waals surface area contributed by atoms with Gasteiger partial charge in [0.15, 0.2) is 0 Å². The lowest BCUT2D eigenvalue weighted by atomic mass is 9.92. The molecular weight excluding hydrogens is 244 g/mol. The minimum absolute atomic E-state index is 0.0232. The van der Waals surface area contributed by atoms with Gasteiger partial charge in [0.25, 0.3) is 0 Å². The van der Waals surface area contributed by atoms with Gasteiger partial charge in [0.05, 0.1) is 12.1 Å². The summed E-state index contributed by atoms with van der Waals surface area (Å²) in [6.45, 7) is 8.34. The van der Waals surface area contributed by atoms with Crippen molar-refractivity contribution >= 4 is 17.2 Å². The number of thiazole rings is 1. The van der Waals surface area contributed by atoms with Gasteiger partial charge in [-0.15, -0.1) is 11.3 Å². The van der Waals surface area contributed by atoms with E-state index in [1.807, 2.05) is 18.4 Å². The molecule has 5 heteroatoms. The predicted octanol–water partition coefficient (Wildman–Crippen LogP) is 2.71. The van der Waals surface area contributed by atoms with Gasteiger partial charge in [-0.1, -0.05) is 20.8 Å². The molecule has 2 aromatic heterocycles. The number of nitrogens with two attached hydrogens (primary N) is 1. The van der Waals surface area contributed by atoms with Crippen molar-refractivity contribution < 1.29 is 0 Å². The summed E-state index contributed by atoms with van der Waals surface area (Å²) in [5.74, 6) is 1.27. The van der Waals surface area contributed by atoms with Gasteiger partial charge in [0, 0.05) is 22.6 Å². The van der Waals surface area contributed by atoms with Crippen LogP contribution in [0.3, 0.4) is 0 Å². The van der Waals surface area contributed by atoms with Gasteiger partial charge in [-0.2, -0.15) is 0 Å². The van der Waals surface area contributed by atoms with E-state index in [1.54, 1.807) is 11.3 Å². The minimum Gasteiger partial charge on any atom is -0.384 e. The van der Waals surface area contributed by atoms with Gasteiger partial charge in [0.1, 0.15) is 16.6 Å². The lowest BCUT2D eigenvalue weighted by molar-refractivity contribution is 0.563. The van der Waals surface area contributed by atoms with Crippen LogP contribution in [0.5, 0.6) is 0 Å². The fraction of sp³-hybridized carbons (Fsp3) is 0.462. The average molecular weight is 262 g/mol. The van der Waals surface area contributed by atoms with Gasteiger partial charge in [-0.05, 0) is 6.92 Å². The van der Waals surface area contributed by atoms with Gasteiger partial charge in [-0.25, -0.2) is 15.0 Å². The summed E-state index contributed by atoms with van der Waals surface area (Å²) in [5.41, 5.74) is 7.83. The van der Waals surface area contributed by atoms with Gasteiger partial charge < -0.3 is 5.73 Å². The number of anilines is 1. The van der Waals surface area contributed by atoms with Crippen molar-refractivity contribution in [1.82, 2.24) is 15.0 Å². The normalized spacial score (nSPS) is 11.8. The maximum absolute atomic E-state index is 5.85. The molecule has 4 nitrogen and oxygen atoms in total. The SMILES string of the molecule is Cc1csc(Cc2nc(N)cc(C(C)(C)C)n2)n1. The first-order valence-corrected chi connectivity index (χ1v) is 6.77. The fourth-order valence-corrected chi connectivity index (χ4v) is 2.37. The van der Waals surface area contributed by atoms with Crippen molar-refractivity contribution in [1.29, 1.82) is 0 Å². The van der Waals surface area contributed by atoms with E-state index in [9.17, 15) is 0 Å². The Morgan fingerprint density at radius 2 is 1.94 bits per heavy atom. The Morgan fingerprint density at radius 3 is 2.50 bits per heavy atom. The molecule has 0 aliphatic heterocycles. The van der Waals surface area contributed by atoms with Crippen LogP contribution in [0.2, 0.25) is 0 Å². The summed E-state index contributed by atoms with van der Waals surface area (Å²) in [7, 11) is 0. The van der Waals surface area contributed by atoms with Crippen LogP contribution in [0.25, 0.3) is 0 Å². The number of nitrogens with zero attached hydrogens (tertiary/aromatic N) is 3. The molecule has 96 valence electrons. The van der Waals surface area contributed by atoms with Crippen molar-refractivity contribution in [3.05, 3.63) is 33.7 Å². The molecule has 0 aliphatic carbocycles.